The lowest BCUT2D eigenvalue weighted by atomic mass is 10.1. The third-order valence-corrected chi connectivity index (χ3v) is 4.47. The van der Waals surface area contributed by atoms with Gasteiger partial charge in [0.25, 0.3) is 0 Å². The maximum Gasteiger partial charge on any atom is 0.320 e. The minimum absolute atomic E-state index is 0.0350. The predicted octanol–water partition coefficient (Wildman–Crippen LogP) is 3.44. The fraction of sp³-hybridized carbons (Fsp3) is 0.600. The number of hydrogen-bond acceptors (Lipinski definition) is 3. The van der Waals surface area contributed by atoms with Crippen LogP contribution in [0.15, 0.2) is 17.5 Å². The summed E-state index contributed by atoms with van der Waals surface area (Å²) >= 11 is 1.61. The SMILES string of the molecule is CC(c1cccs1)N(C)C(=O)N(CCC(=O)O)C(C)(C)C. The first-order chi connectivity index (χ1) is 9.64. The minimum atomic E-state index is -0.897. The molecule has 2 amide bonds. The molecule has 1 atom stereocenters. The number of nitrogens with zero attached hydrogens (tertiary/aromatic N) is 2. The first-order valence-corrected chi connectivity index (χ1v) is 7.82. The van der Waals surface area contributed by atoms with Crippen molar-refractivity contribution < 1.29 is 14.7 Å². The van der Waals surface area contributed by atoms with Gasteiger partial charge in [0.2, 0.25) is 0 Å². The van der Waals surface area contributed by atoms with Crippen LogP contribution in [0, 0.1) is 0 Å². The Morgan fingerprint density at radius 3 is 2.43 bits per heavy atom. The van der Waals surface area contributed by atoms with E-state index >= 15 is 0 Å². The van der Waals surface area contributed by atoms with Crippen molar-refractivity contribution in [1.82, 2.24) is 9.80 Å². The van der Waals surface area contributed by atoms with Gasteiger partial charge in [0, 0.05) is 24.0 Å². The molecule has 0 spiro atoms. The highest BCUT2D eigenvalue weighted by molar-refractivity contribution is 7.10. The Morgan fingerprint density at radius 1 is 1.38 bits per heavy atom. The van der Waals surface area contributed by atoms with Gasteiger partial charge in [-0.3, -0.25) is 4.79 Å². The molecule has 118 valence electrons. The molecule has 0 fully saturated rings. The highest BCUT2D eigenvalue weighted by Gasteiger charge is 2.31. The number of carboxylic acids is 1. The third-order valence-electron chi connectivity index (χ3n) is 3.43. The van der Waals surface area contributed by atoms with Crippen LogP contribution in [0.25, 0.3) is 0 Å². The zero-order chi connectivity index (χ0) is 16.2. The Balaban J connectivity index is 2.86. The van der Waals surface area contributed by atoms with E-state index in [1.807, 2.05) is 45.2 Å². The summed E-state index contributed by atoms with van der Waals surface area (Å²) in [5.74, 6) is -0.897. The highest BCUT2D eigenvalue weighted by Crippen LogP contribution is 2.26. The van der Waals surface area contributed by atoms with Crippen LogP contribution in [0.4, 0.5) is 4.79 Å². The van der Waals surface area contributed by atoms with Gasteiger partial charge in [-0.15, -0.1) is 11.3 Å². The second-order valence-electron chi connectivity index (χ2n) is 6.05. The molecule has 6 heteroatoms. The summed E-state index contributed by atoms with van der Waals surface area (Å²) < 4.78 is 0. The second-order valence-corrected chi connectivity index (χ2v) is 7.03. The number of carbonyl (C=O) groups excluding carboxylic acids is 1. The summed E-state index contributed by atoms with van der Waals surface area (Å²) in [5.41, 5.74) is -0.421. The molecule has 0 aliphatic heterocycles. The van der Waals surface area contributed by atoms with Crippen molar-refractivity contribution in [3.63, 3.8) is 0 Å². The van der Waals surface area contributed by atoms with Crippen LogP contribution >= 0.6 is 11.3 Å². The molecule has 0 bridgehead atoms. The molecule has 1 rings (SSSR count). The molecule has 1 aromatic heterocycles. The molecule has 1 aromatic rings. The quantitative estimate of drug-likeness (QED) is 0.906. The van der Waals surface area contributed by atoms with Crippen LogP contribution in [0.5, 0.6) is 0 Å². The Bertz CT molecular complexity index is 480. The first-order valence-electron chi connectivity index (χ1n) is 6.94. The predicted molar refractivity (Wildman–Crippen MR) is 84.6 cm³/mol. The average molecular weight is 312 g/mol. The summed E-state index contributed by atoms with van der Waals surface area (Å²) in [6.07, 6.45) is -0.0514. The van der Waals surface area contributed by atoms with Crippen molar-refractivity contribution in [2.24, 2.45) is 0 Å². The second kappa shape index (κ2) is 6.93. The van der Waals surface area contributed by atoms with E-state index in [0.717, 1.165) is 4.88 Å². The van der Waals surface area contributed by atoms with E-state index < -0.39 is 11.5 Å². The van der Waals surface area contributed by atoms with Gasteiger partial charge in [-0.2, -0.15) is 0 Å². The van der Waals surface area contributed by atoms with Crippen LogP contribution < -0.4 is 0 Å². The summed E-state index contributed by atoms with van der Waals surface area (Å²) in [7, 11) is 1.76. The summed E-state index contributed by atoms with van der Waals surface area (Å²) in [4.78, 5) is 27.9. The normalized spacial score (nSPS) is 12.8. The fourth-order valence-electron chi connectivity index (χ4n) is 2.00. The number of rotatable bonds is 5. The highest BCUT2D eigenvalue weighted by atomic mass is 32.1. The topological polar surface area (TPSA) is 60.9 Å². The fourth-order valence-corrected chi connectivity index (χ4v) is 2.83. The lowest BCUT2D eigenvalue weighted by molar-refractivity contribution is -0.137. The van der Waals surface area contributed by atoms with E-state index in [-0.39, 0.29) is 25.0 Å². The van der Waals surface area contributed by atoms with Gasteiger partial charge < -0.3 is 14.9 Å². The number of carboxylic acid groups (broad SMARTS) is 1. The number of thiophene rings is 1. The number of urea groups is 1. The maximum absolute atomic E-state index is 12.7. The Hall–Kier alpha value is -1.56. The van der Waals surface area contributed by atoms with Gasteiger partial charge in [0.15, 0.2) is 0 Å². The van der Waals surface area contributed by atoms with Gasteiger partial charge in [0.1, 0.15) is 0 Å². The number of amides is 2. The smallest absolute Gasteiger partial charge is 0.320 e. The molecule has 1 N–H and O–H groups in total. The average Bonchev–Trinajstić information content (AvgIpc) is 2.88. The van der Waals surface area contributed by atoms with Gasteiger partial charge >= 0.3 is 12.0 Å². The minimum Gasteiger partial charge on any atom is -0.481 e. The van der Waals surface area contributed by atoms with Crippen molar-refractivity contribution in [3.05, 3.63) is 22.4 Å². The van der Waals surface area contributed by atoms with Crippen LogP contribution in [0.3, 0.4) is 0 Å². The Labute approximate surface area is 130 Å². The molecule has 1 unspecified atom stereocenters. The maximum atomic E-state index is 12.7. The van der Waals surface area contributed by atoms with Crippen LogP contribution in [-0.4, -0.2) is 46.0 Å². The van der Waals surface area contributed by atoms with Crippen LogP contribution in [0.2, 0.25) is 0 Å². The van der Waals surface area contributed by atoms with E-state index in [2.05, 4.69) is 0 Å². The molecule has 0 aliphatic carbocycles. The molecule has 0 aliphatic rings. The molecule has 1 heterocycles. The third kappa shape index (κ3) is 4.74. The standard InChI is InChI=1S/C15H24N2O3S/c1-11(12-7-6-10-21-12)16(5)14(20)17(15(2,3)4)9-8-13(18)19/h6-7,10-11H,8-9H2,1-5H3,(H,18,19). The van der Waals surface area contributed by atoms with Crippen molar-refractivity contribution in [1.29, 1.82) is 0 Å². The number of carbonyl (C=O) groups is 2. The van der Waals surface area contributed by atoms with E-state index in [0.29, 0.717) is 0 Å². The Kier molecular flexibility index (Phi) is 5.78. The molecular weight excluding hydrogens is 288 g/mol. The monoisotopic (exact) mass is 312 g/mol. The van der Waals surface area contributed by atoms with Crippen LogP contribution in [0.1, 0.15) is 45.0 Å². The van der Waals surface area contributed by atoms with Crippen LogP contribution in [-0.2, 0) is 4.79 Å². The van der Waals surface area contributed by atoms with E-state index in [4.69, 9.17) is 5.11 Å². The van der Waals surface area contributed by atoms with Crippen molar-refractivity contribution in [2.75, 3.05) is 13.6 Å². The molecule has 0 radical (unpaired) electrons. The van der Waals surface area contributed by atoms with Crippen molar-refractivity contribution >= 4 is 23.3 Å². The largest absolute Gasteiger partial charge is 0.481 e. The number of hydrogen-bond donors (Lipinski definition) is 1. The van der Waals surface area contributed by atoms with E-state index in [1.165, 1.54) is 0 Å². The van der Waals surface area contributed by atoms with Crippen molar-refractivity contribution in [3.8, 4) is 0 Å². The lowest BCUT2D eigenvalue weighted by Crippen LogP contribution is -2.52. The van der Waals surface area contributed by atoms with E-state index in [9.17, 15) is 9.59 Å². The molecule has 21 heavy (non-hydrogen) atoms. The molecule has 0 aromatic carbocycles. The Morgan fingerprint density at radius 2 is 2.00 bits per heavy atom. The summed E-state index contributed by atoms with van der Waals surface area (Å²) in [6, 6.07) is 3.77. The summed E-state index contributed by atoms with van der Waals surface area (Å²) in [6.45, 7) is 7.92. The van der Waals surface area contributed by atoms with Gasteiger partial charge in [-0.1, -0.05) is 6.07 Å². The van der Waals surface area contributed by atoms with Crippen molar-refractivity contribution in [2.45, 2.75) is 45.7 Å². The molecule has 5 nitrogen and oxygen atoms in total. The summed E-state index contributed by atoms with van der Waals surface area (Å²) in [5, 5.41) is 10.8. The zero-order valence-corrected chi connectivity index (χ0v) is 14.1. The number of aliphatic carboxylic acids is 1. The van der Waals surface area contributed by atoms with Gasteiger partial charge in [-0.25, -0.2) is 4.79 Å². The zero-order valence-electron chi connectivity index (χ0n) is 13.3. The lowest BCUT2D eigenvalue weighted by Gasteiger charge is -2.39. The molecule has 0 saturated carbocycles. The molecule has 0 saturated heterocycles. The van der Waals surface area contributed by atoms with Gasteiger partial charge in [0.05, 0.1) is 12.5 Å². The van der Waals surface area contributed by atoms with Gasteiger partial charge in [-0.05, 0) is 39.1 Å². The first kappa shape index (κ1) is 17.5. The molecular formula is C15H24N2O3S. The van der Waals surface area contributed by atoms with E-state index in [1.54, 1.807) is 28.2 Å².